The zero-order valence-electron chi connectivity index (χ0n) is 12.3. The van der Waals surface area contributed by atoms with E-state index in [2.05, 4.69) is 0 Å². The summed E-state index contributed by atoms with van der Waals surface area (Å²) in [6, 6.07) is 7.61. The number of nitrogens with zero attached hydrogens (tertiary/aromatic N) is 1. The molecule has 0 aliphatic carbocycles. The highest BCUT2D eigenvalue weighted by atomic mass is 16.4. The number of benzene rings is 1. The summed E-state index contributed by atoms with van der Waals surface area (Å²) in [5.41, 5.74) is 4.16. The fourth-order valence-corrected chi connectivity index (χ4v) is 2.17. The van der Waals surface area contributed by atoms with Gasteiger partial charge in [0.1, 0.15) is 0 Å². The van der Waals surface area contributed by atoms with E-state index in [1.165, 1.54) is 12.1 Å². The number of carbonyl (C=O) groups is 1. The van der Waals surface area contributed by atoms with Crippen LogP contribution in [0.4, 0.5) is 0 Å². The lowest BCUT2D eigenvalue weighted by atomic mass is 10.1. The SMILES string of the molecule is Cc1ccc(C)c(-n2cc(/C=C/C(=O)O)c(=O)cc2C)c1. The summed E-state index contributed by atoms with van der Waals surface area (Å²) >= 11 is 0. The van der Waals surface area contributed by atoms with Crippen LogP contribution >= 0.6 is 0 Å². The molecular weight excluding hydrogens is 266 g/mol. The maximum Gasteiger partial charge on any atom is 0.328 e. The number of hydrogen-bond donors (Lipinski definition) is 1. The summed E-state index contributed by atoms with van der Waals surface area (Å²) in [6.45, 7) is 5.86. The maximum absolute atomic E-state index is 11.9. The second-order valence-electron chi connectivity index (χ2n) is 5.07. The first kappa shape index (κ1) is 14.8. The van der Waals surface area contributed by atoms with E-state index in [9.17, 15) is 9.59 Å². The van der Waals surface area contributed by atoms with Gasteiger partial charge in [0.05, 0.1) is 0 Å². The van der Waals surface area contributed by atoms with Gasteiger partial charge in [0.15, 0.2) is 5.43 Å². The molecule has 0 saturated heterocycles. The molecule has 1 N–H and O–H groups in total. The average Bonchev–Trinajstić information content (AvgIpc) is 2.41. The molecule has 4 nitrogen and oxygen atoms in total. The highest BCUT2D eigenvalue weighted by Crippen LogP contribution is 2.18. The normalized spacial score (nSPS) is 11.0. The van der Waals surface area contributed by atoms with E-state index < -0.39 is 5.97 Å². The van der Waals surface area contributed by atoms with Crippen LogP contribution in [0.1, 0.15) is 22.4 Å². The van der Waals surface area contributed by atoms with Crippen LogP contribution in [0.5, 0.6) is 0 Å². The molecule has 0 atom stereocenters. The number of hydrogen-bond acceptors (Lipinski definition) is 2. The molecule has 0 fully saturated rings. The molecule has 108 valence electrons. The van der Waals surface area contributed by atoms with Gasteiger partial charge in [0.25, 0.3) is 0 Å². The molecule has 2 rings (SSSR count). The van der Waals surface area contributed by atoms with Gasteiger partial charge >= 0.3 is 5.97 Å². The molecule has 0 aliphatic heterocycles. The number of aryl methyl sites for hydroxylation is 3. The summed E-state index contributed by atoms with van der Waals surface area (Å²) in [7, 11) is 0. The molecular formula is C17H17NO3. The van der Waals surface area contributed by atoms with Gasteiger partial charge in [-0.05, 0) is 44.0 Å². The van der Waals surface area contributed by atoms with Gasteiger partial charge in [0.2, 0.25) is 0 Å². The van der Waals surface area contributed by atoms with E-state index in [1.54, 1.807) is 6.20 Å². The Balaban J connectivity index is 2.64. The van der Waals surface area contributed by atoms with Crippen molar-refractivity contribution < 1.29 is 9.90 Å². The summed E-state index contributed by atoms with van der Waals surface area (Å²) in [4.78, 5) is 22.5. The first-order chi connectivity index (χ1) is 9.88. The summed E-state index contributed by atoms with van der Waals surface area (Å²) in [5, 5.41) is 8.69. The molecule has 0 spiro atoms. The highest BCUT2D eigenvalue weighted by Gasteiger charge is 2.07. The molecule has 0 bridgehead atoms. The van der Waals surface area contributed by atoms with Crippen molar-refractivity contribution in [2.75, 3.05) is 0 Å². The molecule has 1 aromatic carbocycles. The van der Waals surface area contributed by atoms with Crippen LogP contribution in [0.3, 0.4) is 0 Å². The summed E-state index contributed by atoms with van der Waals surface area (Å²) in [6.07, 6.45) is 3.98. The van der Waals surface area contributed by atoms with Crippen LogP contribution in [-0.4, -0.2) is 15.6 Å². The quantitative estimate of drug-likeness (QED) is 0.881. The minimum Gasteiger partial charge on any atom is -0.478 e. The highest BCUT2D eigenvalue weighted by molar-refractivity contribution is 5.85. The Labute approximate surface area is 123 Å². The molecule has 1 aromatic heterocycles. The second-order valence-corrected chi connectivity index (χ2v) is 5.07. The Hall–Kier alpha value is -2.62. The van der Waals surface area contributed by atoms with Crippen molar-refractivity contribution in [1.29, 1.82) is 0 Å². The molecule has 4 heteroatoms. The van der Waals surface area contributed by atoms with E-state index in [-0.39, 0.29) is 5.43 Å². The molecule has 0 radical (unpaired) electrons. The third-order valence-corrected chi connectivity index (χ3v) is 3.30. The lowest BCUT2D eigenvalue weighted by Crippen LogP contribution is -2.12. The molecule has 2 aromatic rings. The lowest BCUT2D eigenvalue weighted by molar-refractivity contribution is -0.131. The number of pyridine rings is 1. The Morgan fingerprint density at radius 3 is 2.57 bits per heavy atom. The Morgan fingerprint density at radius 2 is 1.90 bits per heavy atom. The Morgan fingerprint density at radius 1 is 1.19 bits per heavy atom. The number of rotatable bonds is 3. The van der Waals surface area contributed by atoms with Gasteiger partial charge in [-0.1, -0.05) is 12.1 Å². The number of aromatic nitrogens is 1. The van der Waals surface area contributed by atoms with Crippen LogP contribution in [-0.2, 0) is 4.79 Å². The Bertz CT molecular complexity index is 785. The Kier molecular flexibility index (Phi) is 4.08. The third kappa shape index (κ3) is 3.28. The van der Waals surface area contributed by atoms with Crippen LogP contribution in [0, 0.1) is 20.8 Å². The predicted octanol–water partition coefficient (Wildman–Crippen LogP) is 2.86. The standard InChI is InChI=1S/C17H17NO3/c1-11-4-5-12(2)15(8-11)18-10-14(6-7-17(20)21)16(19)9-13(18)3/h4-10H,1-3H3,(H,20,21)/b7-6+. The summed E-state index contributed by atoms with van der Waals surface area (Å²) in [5.74, 6) is -1.08. The van der Waals surface area contributed by atoms with Crippen molar-refractivity contribution in [2.45, 2.75) is 20.8 Å². The largest absolute Gasteiger partial charge is 0.478 e. The van der Waals surface area contributed by atoms with E-state index in [4.69, 9.17) is 5.11 Å². The first-order valence-electron chi connectivity index (χ1n) is 6.60. The van der Waals surface area contributed by atoms with Crippen LogP contribution < -0.4 is 5.43 Å². The smallest absolute Gasteiger partial charge is 0.328 e. The topological polar surface area (TPSA) is 59.3 Å². The van der Waals surface area contributed by atoms with Crippen molar-refractivity contribution in [3.63, 3.8) is 0 Å². The van der Waals surface area contributed by atoms with E-state index in [1.807, 2.05) is 43.5 Å². The van der Waals surface area contributed by atoms with Crippen molar-refractivity contribution >= 4 is 12.0 Å². The lowest BCUT2D eigenvalue weighted by Gasteiger charge is -2.15. The minimum absolute atomic E-state index is 0.188. The van der Waals surface area contributed by atoms with Gasteiger partial charge in [-0.3, -0.25) is 4.79 Å². The summed E-state index contributed by atoms with van der Waals surface area (Å²) < 4.78 is 1.91. The van der Waals surface area contributed by atoms with Crippen molar-refractivity contribution in [2.24, 2.45) is 0 Å². The van der Waals surface area contributed by atoms with Gasteiger partial charge < -0.3 is 9.67 Å². The van der Waals surface area contributed by atoms with E-state index in [0.29, 0.717) is 5.56 Å². The number of carboxylic acids is 1. The molecule has 0 unspecified atom stereocenters. The van der Waals surface area contributed by atoms with Crippen molar-refractivity contribution in [3.8, 4) is 5.69 Å². The van der Waals surface area contributed by atoms with E-state index in [0.717, 1.165) is 28.6 Å². The molecule has 1 heterocycles. The van der Waals surface area contributed by atoms with Gasteiger partial charge in [-0.25, -0.2) is 4.79 Å². The van der Waals surface area contributed by atoms with Crippen LogP contribution in [0.25, 0.3) is 11.8 Å². The molecule has 21 heavy (non-hydrogen) atoms. The zero-order valence-corrected chi connectivity index (χ0v) is 12.3. The van der Waals surface area contributed by atoms with Crippen molar-refractivity contribution in [1.82, 2.24) is 4.57 Å². The second kappa shape index (κ2) is 5.79. The molecule has 0 amide bonds. The fourth-order valence-electron chi connectivity index (χ4n) is 2.17. The predicted molar refractivity (Wildman–Crippen MR) is 82.9 cm³/mol. The molecule has 0 saturated carbocycles. The van der Waals surface area contributed by atoms with Gasteiger partial charge in [-0.2, -0.15) is 0 Å². The fraction of sp³-hybridized carbons (Fsp3) is 0.176. The van der Waals surface area contributed by atoms with Crippen molar-refractivity contribution in [3.05, 3.63) is 69.1 Å². The van der Waals surface area contributed by atoms with Crippen LogP contribution in [0.15, 0.2) is 41.3 Å². The van der Waals surface area contributed by atoms with E-state index >= 15 is 0 Å². The average molecular weight is 283 g/mol. The first-order valence-corrected chi connectivity index (χ1v) is 6.60. The number of aliphatic carboxylic acids is 1. The minimum atomic E-state index is -1.08. The van der Waals surface area contributed by atoms with Crippen LogP contribution in [0.2, 0.25) is 0 Å². The van der Waals surface area contributed by atoms with Gasteiger partial charge in [0, 0.05) is 35.3 Å². The number of carboxylic acid groups (broad SMARTS) is 1. The zero-order chi connectivity index (χ0) is 15.6. The molecule has 0 aliphatic rings. The maximum atomic E-state index is 11.9. The third-order valence-electron chi connectivity index (χ3n) is 3.30. The van der Waals surface area contributed by atoms with Gasteiger partial charge in [-0.15, -0.1) is 0 Å². The monoisotopic (exact) mass is 283 g/mol.